The summed E-state index contributed by atoms with van der Waals surface area (Å²) in [6, 6.07) is -2.64. The lowest BCUT2D eigenvalue weighted by Gasteiger charge is -2.20. The third-order valence-electron chi connectivity index (χ3n) is 5.46. The molecule has 1 rings (SSSR count). The van der Waals surface area contributed by atoms with Crippen molar-refractivity contribution < 1.29 is 62.5 Å². The lowest BCUT2D eigenvalue weighted by molar-refractivity contribution is -0.143. The van der Waals surface area contributed by atoms with Crippen molar-refractivity contribution in [2.24, 2.45) is 0 Å². The van der Waals surface area contributed by atoms with Gasteiger partial charge in [0.05, 0.1) is 98.6 Å². The van der Waals surface area contributed by atoms with Crippen LogP contribution in [0, 0.1) is 0 Å². The van der Waals surface area contributed by atoms with Crippen molar-refractivity contribution in [2.75, 3.05) is 86.4 Å². The Balaban J connectivity index is 2.16. The van der Waals surface area contributed by atoms with Gasteiger partial charge in [0.1, 0.15) is 17.8 Å². The maximum atomic E-state index is 12.5. The van der Waals surface area contributed by atoms with Gasteiger partial charge in [-0.1, -0.05) is 5.21 Å². The van der Waals surface area contributed by atoms with Crippen molar-refractivity contribution in [3.63, 3.8) is 0 Å². The molecule has 0 saturated heterocycles. The summed E-state index contributed by atoms with van der Waals surface area (Å²) in [6.45, 7) is 6.43. The molecule has 0 aromatic carbocycles. The normalized spacial score (nSPS) is 12.5. The summed E-state index contributed by atoms with van der Waals surface area (Å²) in [5.74, 6) is -3.95. The topological polar surface area (TPSA) is 228 Å². The average Bonchev–Trinajstić information content (AvgIpc) is 3.43. The highest BCUT2D eigenvalue weighted by Crippen LogP contribution is 2.02. The second kappa shape index (κ2) is 25.1. The molecule has 4 N–H and O–H groups in total. The summed E-state index contributed by atoms with van der Waals surface area (Å²) in [4.78, 5) is 46.2. The molecule has 0 aliphatic heterocycles. The number of aromatic nitrogens is 3. The van der Waals surface area contributed by atoms with Crippen molar-refractivity contribution in [1.29, 1.82) is 0 Å². The number of hydrogen-bond acceptors (Lipinski definition) is 13. The van der Waals surface area contributed by atoms with Crippen molar-refractivity contribution in [3.05, 3.63) is 11.9 Å². The van der Waals surface area contributed by atoms with Crippen molar-refractivity contribution in [1.82, 2.24) is 25.6 Å². The van der Waals surface area contributed by atoms with Gasteiger partial charge in [-0.3, -0.25) is 14.4 Å². The van der Waals surface area contributed by atoms with Crippen LogP contribution in [-0.2, 0) is 65.5 Å². The van der Waals surface area contributed by atoms with Crippen LogP contribution in [0.2, 0.25) is 0 Å². The standard InChI is InChI=1S/C26H45N5O13/c1-20(32)27-23(25(35)28-22(26(36)37)3-4-24(33)34)19-44-18-21-17-31(30-29-21)5-6-39-9-10-41-13-14-43-16-15-42-12-11-40-8-7-38-2/h17,22-23H,3-16,18-19H2,1-2H3,(H,27,32)(H,28,35)(H,33,34)(H,36,37)/t22-,23+/m1/s1. The number of rotatable bonds is 29. The summed E-state index contributed by atoms with van der Waals surface area (Å²) < 4.78 is 39.0. The van der Waals surface area contributed by atoms with Crippen LogP contribution in [-0.4, -0.2) is 147 Å². The first-order valence-electron chi connectivity index (χ1n) is 14.1. The predicted molar refractivity (Wildman–Crippen MR) is 150 cm³/mol. The molecule has 1 aromatic heterocycles. The van der Waals surface area contributed by atoms with Crippen molar-refractivity contribution >= 4 is 23.8 Å². The van der Waals surface area contributed by atoms with E-state index >= 15 is 0 Å². The van der Waals surface area contributed by atoms with Crippen LogP contribution in [0.25, 0.3) is 0 Å². The van der Waals surface area contributed by atoms with Crippen LogP contribution in [0.3, 0.4) is 0 Å². The molecule has 44 heavy (non-hydrogen) atoms. The number of hydrogen-bond donors (Lipinski definition) is 4. The molecule has 18 heteroatoms. The Labute approximate surface area is 255 Å². The molecule has 0 fully saturated rings. The zero-order valence-corrected chi connectivity index (χ0v) is 25.3. The zero-order valence-electron chi connectivity index (χ0n) is 25.3. The molecule has 2 amide bonds. The maximum absolute atomic E-state index is 12.5. The van der Waals surface area contributed by atoms with Gasteiger partial charge in [0.15, 0.2) is 0 Å². The highest BCUT2D eigenvalue weighted by atomic mass is 16.6. The van der Waals surface area contributed by atoms with Gasteiger partial charge < -0.3 is 54.0 Å². The molecule has 0 bridgehead atoms. The first-order chi connectivity index (χ1) is 21.2. The van der Waals surface area contributed by atoms with Crippen LogP contribution in [0.5, 0.6) is 0 Å². The van der Waals surface area contributed by atoms with E-state index in [-0.39, 0.29) is 19.6 Å². The van der Waals surface area contributed by atoms with E-state index in [0.717, 1.165) is 0 Å². The van der Waals surface area contributed by atoms with Gasteiger partial charge in [0, 0.05) is 20.5 Å². The monoisotopic (exact) mass is 635 g/mol. The van der Waals surface area contributed by atoms with Gasteiger partial charge in [-0.05, 0) is 6.42 Å². The Bertz CT molecular complexity index is 949. The van der Waals surface area contributed by atoms with E-state index in [1.165, 1.54) is 6.92 Å². The number of carboxylic acids is 2. The van der Waals surface area contributed by atoms with E-state index in [0.29, 0.717) is 84.9 Å². The summed E-state index contributed by atoms with van der Waals surface area (Å²) in [6.07, 6.45) is 0.867. The maximum Gasteiger partial charge on any atom is 0.326 e. The number of amides is 2. The third-order valence-corrected chi connectivity index (χ3v) is 5.46. The van der Waals surface area contributed by atoms with Crippen LogP contribution in [0.1, 0.15) is 25.5 Å². The van der Waals surface area contributed by atoms with E-state index < -0.39 is 42.3 Å². The number of carboxylic acid groups (broad SMARTS) is 2. The molecule has 0 unspecified atom stereocenters. The second-order valence-electron chi connectivity index (χ2n) is 9.13. The zero-order chi connectivity index (χ0) is 32.4. The lowest BCUT2D eigenvalue weighted by atomic mass is 10.1. The smallest absolute Gasteiger partial charge is 0.326 e. The summed E-state index contributed by atoms with van der Waals surface area (Å²) in [7, 11) is 1.62. The first kappa shape index (κ1) is 38.8. The molecular weight excluding hydrogens is 590 g/mol. The van der Waals surface area contributed by atoms with Gasteiger partial charge in [-0.15, -0.1) is 5.10 Å². The van der Waals surface area contributed by atoms with Crippen molar-refractivity contribution in [2.45, 2.75) is 45.0 Å². The third kappa shape index (κ3) is 20.6. The fraction of sp³-hybridized carbons (Fsp3) is 0.769. The van der Waals surface area contributed by atoms with Gasteiger partial charge in [-0.25, -0.2) is 9.48 Å². The first-order valence-corrected chi connectivity index (χ1v) is 14.1. The molecule has 18 nitrogen and oxygen atoms in total. The number of nitrogens with zero attached hydrogens (tertiary/aromatic N) is 3. The average molecular weight is 636 g/mol. The number of carbonyl (C=O) groups is 4. The van der Waals surface area contributed by atoms with Crippen LogP contribution < -0.4 is 10.6 Å². The SMILES string of the molecule is COCCOCCOCCOCCOCCOCCn1cc(COC[C@H](NC(C)=O)C(=O)N[C@H](CCC(=O)O)C(=O)O)nn1. The Morgan fingerprint density at radius 2 is 1.34 bits per heavy atom. The van der Waals surface area contributed by atoms with E-state index in [1.54, 1.807) is 18.0 Å². The summed E-state index contributed by atoms with van der Waals surface area (Å²) >= 11 is 0. The quantitative estimate of drug-likeness (QED) is 0.0732. The minimum atomic E-state index is -1.43. The van der Waals surface area contributed by atoms with E-state index in [9.17, 15) is 24.3 Å². The van der Waals surface area contributed by atoms with E-state index in [1.807, 2.05) is 0 Å². The van der Waals surface area contributed by atoms with Crippen LogP contribution >= 0.6 is 0 Å². The van der Waals surface area contributed by atoms with Gasteiger partial charge in [0.25, 0.3) is 0 Å². The van der Waals surface area contributed by atoms with Gasteiger partial charge >= 0.3 is 11.9 Å². The van der Waals surface area contributed by atoms with Crippen molar-refractivity contribution in [3.8, 4) is 0 Å². The Morgan fingerprint density at radius 3 is 1.84 bits per heavy atom. The molecule has 0 radical (unpaired) electrons. The number of ether oxygens (including phenoxy) is 7. The number of aliphatic carboxylic acids is 2. The Morgan fingerprint density at radius 1 is 0.795 bits per heavy atom. The van der Waals surface area contributed by atoms with Crippen LogP contribution in [0.15, 0.2) is 6.20 Å². The lowest BCUT2D eigenvalue weighted by Crippen LogP contribution is -2.53. The fourth-order valence-electron chi connectivity index (χ4n) is 3.30. The molecule has 252 valence electrons. The largest absolute Gasteiger partial charge is 0.481 e. The van der Waals surface area contributed by atoms with Gasteiger partial charge in [-0.2, -0.15) is 0 Å². The summed E-state index contributed by atoms with van der Waals surface area (Å²) in [5, 5.41) is 30.6. The molecule has 0 spiro atoms. The number of nitrogens with one attached hydrogen (secondary N) is 2. The molecular formula is C26H45N5O13. The van der Waals surface area contributed by atoms with Gasteiger partial charge in [0.2, 0.25) is 11.8 Å². The molecule has 1 aromatic rings. The number of carbonyl (C=O) groups excluding carboxylic acids is 2. The minimum Gasteiger partial charge on any atom is -0.481 e. The molecule has 0 saturated carbocycles. The predicted octanol–water partition coefficient (Wildman–Crippen LogP) is -1.54. The fourth-order valence-corrected chi connectivity index (χ4v) is 3.30. The highest BCUT2D eigenvalue weighted by Gasteiger charge is 2.26. The Hall–Kier alpha value is -3.26. The van der Waals surface area contributed by atoms with Crippen LogP contribution in [0.4, 0.5) is 0 Å². The van der Waals surface area contributed by atoms with E-state index in [4.69, 9.17) is 38.3 Å². The summed E-state index contributed by atoms with van der Waals surface area (Å²) in [5.41, 5.74) is 0.459. The minimum absolute atomic E-state index is 0.0308. The highest BCUT2D eigenvalue weighted by molar-refractivity contribution is 5.90. The molecule has 1 heterocycles. The molecule has 0 aliphatic rings. The second-order valence-corrected chi connectivity index (χ2v) is 9.13. The molecule has 2 atom stereocenters. The molecule has 0 aliphatic carbocycles. The Kier molecular flexibility index (Phi) is 22.1. The number of methoxy groups -OCH3 is 1. The van der Waals surface area contributed by atoms with E-state index in [2.05, 4.69) is 20.9 Å².